The third-order valence-electron chi connectivity index (χ3n) is 2.45. The number of aromatic nitrogens is 4. The molecule has 0 atom stereocenters. The van der Waals surface area contributed by atoms with Crippen molar-refractivity contribution in [2.45, 2.75) is 26.8 Å². The largest absolute Gasteiger partial charge is 0.328 e. The van der Waals surface area contributed by atoms with E-state index in [-0.39, 0.29) is 5.56 Å². The molecule has 2 aromatic heterocycles. The molecule has 2 heterocycles. The van der Waals surface area contributed by atoms with Crippen molar-refractivity contribution in [1.82, 2.24) is 19.5 Å². The fourth-order valence-corrected chi connectivity index (χ4v) is 1.82. The zero-order valence-corrected chi connectivity index (χ0v) is 11.3. The number of H-pyrrole nitrogens is 1. The van der Waals surface area contributed by atoms with Crippen LogP contribution in [0.15, 0.2) is 21.8 Å². The first-order valence-electron chi connectivity index (χ1n) is 5.40. The van der Waals surface area contributed by atoms with E-state index in [1.807, 2.05) is 4.57 Å². The van der Waals surface area contributed by atoms with Gasteiger partial charge in [0.25, 0.3) is 5.56 Å². The molecule has 0 aromatic carbocycles. The Bertz CT molecular complexity index is 587. The van der Waals surface area contributed by atoms with Crippen molar-refractivity contribution in [3.63, 3.8) is 0 Å². The van der Waals surface area contributed by atoms with Gasteiger partial charge >= 0.3 is 0 Å². The number of aromatic amines is 1. The standard InChI is InChI=1S/C11H13BrN4O/c1-3-4-16-6-13-5-8(16)10-14-7(2)9(12)11(17)15-10/h5-6H,3-4H2,1-2H3,(H,14,15,17). The second-order valence-corrected chi connectivity index (χ2v) is 4.58. The molecule has 0 aliphatic carbocycles. The fraction of sp³-hybridized carbons (Fsp3) is 0.364. The highest BCUT2D eigenvalue weighted by atomic mass is 79.9. The van der Waals surface area contributed by atoms with Gasteiger partial charge in [0.2, 0.25) is 0 Å². The van der Waals surface area contributed by atoms with Gasteiger partial charge in [0, 0.05) is 6.54 Å². The van der Waals surface area contributed by atoms with Crippen LogP contribution < -0.4 is 5.56 Å². The van der Waals surface area contributed by atoms with Crippen LogP contribution in [-0.4, -0.2) is 19.5 Å². The molecule has 1 N–H and O–H groups in total. The van der Waals surface area contributed by atoms with E-state index in [1.54, 1.807) is 19.4 Å². The van der Waals surface area contributed by atoms with Crippen molar-refractivity contribution in [2.24, 2.45) is 0 Å². The summed E-state index contributed by atoms with van der Waals surface area (Å²) in [6.07, 6.45) is 4.46. The molecule has 17 heavy (non-hydrogen) atoms. The topological polar surface area (TPSA) is 63.6 Å². The van der Waals surface area contributed by atoms with Gasteiger partial charge in [0.1, 0.15) is 10.2 Å². The summed E-state index contributed by atoms with van der Waals surface area (Å²) in [7, 11) is 0. The normalized spacial score (nSPS) is 10.8. The van der Waals surface area contributed by atoms with E-state index in [1.165, 1.54) is 0 Å². The first kappa shape index (κ1) is 12.0. The number of hydrogen-bond acceptors (Lipinski definition) is 3. The smallest absolute Gasteiger partial charge is 0.265 e. The van der Waals surface area contributed by atoms with Crippen LogP contribution in [0.1, 0.15) is 19.0 Å². The number of halogens is 1. The summed E-state index contributed by atoms with van der Waals surface area (Å²) in [6, 6.07) is 0. The summed E-state index contributed by atoms with van der Waals surface area (Å²) >= 11 is 3.20. The molecule has 0 spiro atoms. The van der Waals surface area contributed by atoms with E-state index in [0.29, 0.717) is 16.0 Å². The van der Waals surface area contributed by atoms with Crippen LogP contribution >= 0.6 is 15.9 Å². The minimum absolute atomic E-state index is 0.170. The number of aryl methyl sites for hydroxylation is 2. The molecule has 6 heteroatoms. The maximum Gasteiger partial charge on any atom is 0.265 e. The summed E-state index contributed by atoms with van der Waals surface area (Å²) in [4.78, 5) is 22.8. The van der Waals surface area contributed by atoms with Crippen molar-refractivity contribution >= 4 is 15.9 Å². The Morgan fingerprint density at radius 2 is 2.29 bits per heavy atom. The SMILES string of the molecule is CCCn1cncc1-c1nc(C)c(Br)c(=O)[nH]1. The van der Waals surface area contributed by atoms with E-state index < -0.39 is 0 Å². The average molecular weight is 297 g/mol. The van der Waals surface area contributed by atoms with E-state index in [4.69, 9.17) is 0 Å². The van der Waals surface area contributed by atoms with Crippen LogP contribution in [0.5, 0.6) is 0 Å². The monoisotopic (exact) mass is 296 g/mol. The van der Waals surface area contributed by atoms with Gasteiger partial charge in [-0.05, 0) is 29.3 Å². The van der Waals surface area contributed by atoms with Gasteiger partial charge in [-0.3, -0.25) is 4.79 Å². The first-order chi connectivity index (χ1) is 8.13. The Morgan fingerprint density at radius 1 is 1.53 bits per heavy atom. The van der Waals surface area contributed by atoms with Crippen molar-refractivity contribution in [1.29, 1.82) is 0 Å². The Morgan fingerprint density at radius 3 is 2.94 bits per heavy atom. The second-order valence-electron chi connectivity index (χ2n) is 3.79. The van der Waals surface area contributed by atoms with Gasteiger partial charge in [0.15, 0.2) is 5.82 Å². The van der Waals surface area contributed by atoms with Crippen molar-refractivity contribution < 1.29 is 0 Å². The molecule has 2 aromatic rings. The fourth-order valence-electron chi connectivity index (χ4n) is 1.63. The van der Waals surface area contributed by atoms with E-state index >= 15 is 0 Å². The lowest BCUT2D eigenvalue weighted by atomic mass is 10.3. The Labute approximate surface area is 107 Å². The maximum atomic E-state index is 11.7. The van der Waals surface area contributed by atoms with Crippen LogP contribution in [0, 0.1) is 6.92 Å². The third-order valence-corrected chi connectivity index (χ3v) is 3.38. The summed E-state index contributed by atoms with van der Waals surface area (Å²) in [5.41, 5.74) is 1.34. The molecule has 5 nitrogen and oxygen atoms in total. The zero-order valence-electron chi connectivity index (χ0n) is 9.70. The Kier molecular flexibility index (Phi) is 3.42. The summed E-state index contributed by atoms with van der Waals surface area (Å²) in [5.74, 6) is 0.557. The molecular weight excluding hydrogens is 284 g/mol. The number of nitrogens with one attached hydrogen (secondary N) is 1. The predicted molar refractivity (Wildman–Crippen MR) is 68.8 cm³/mol. The molecular formula is C11H13BrN4O. The third kappa shape index (κ3) is 2.31. The number of hydrogen-bond donors (Lipinski definition) is 1. The summed E-state index contributed by atoms with van der Waals surface area (Å²) in [5, 5.41) is 0. The van der Waals surface area contributed by atoms with Gasteiger partial charge in [-0.1, -0.05) is 6.92 Å². The molecule has 90 valence electrons. The molecule has 0 saturated carbocycles. The van der Waals surface area contributed by atoms with Gasteiger partial charge in [-0.15, -0.1) is 0 Å². The Balaban J connectivity index is 2.53. The molecule has 0 aliphatic rings. The van der Waals surface area contributed by atoms with Crippen molar-refractivity contribution in [3.8, 4) is 11.5 Å². The number of nitrogens with zero attached hydrogens (tertiary/aromatic N) is 3. The minimum Gasteiger partial charge on any atom is -0.328 e. The average Bonchev–Trinajstić information content (AvgIpc) is 2.74. The molecule has 0 unspecified atom stereocenters. The first-order valence-corrected chi connectivity index (χ1v) is 6.19. The van der Waals surface area contributed by atoms with Crippen molar-refractivity contribution in [2.75, 3.05) is 0 Å². The summed E-state index contributed by atoms with van der Waals surface area (Å²) < 4.78 is 2.45. The number of imidazole rings is 1. The quantitative estimate of drug-likeness (QED) is 0.943. The molecule has 0 radical (unpaired) electrons. The van der Waals surface area contributed by atoms with Crippen LogP contribution in [-0.2, 0) is 6.54 Å². The molecule has 0 amide bonds. The lowest BCUT2D eigenvalue weighted by Crippen LogP contribution is -2.13. The molecule has 0 saturated heterocycles. The number of rotatable bonds is 3. The zero-order chi connectivity index (χ0) is 12.4. The van der Waals surface area contributed by atoms with Crippen LogP contribution in [0.2, 0.25) is 0 Å². The lowest BCUT2D eigenvalue weighted by Gasteiger charge is -2.06. The Hall–Kier alpha value is -1.43. The van der Waals surface area contributed by atoms with Crippen LogP contribution in [0.25, 0.3) is 11.5 Å². The second kappa shape index (κ2) is 4.83. The lowest BCUT2D eigenvalue weighted by molar-refractivity contribution is 0.680. The summed E-state index contributed by atoms with van der Waals surface area (Å²) in [6.45, 7) is 4.74. The van der Waals surface area contributed by atoms with Crippen LogP contribution in [0.3, 0.4) is 0 Å². The van der Waals surface area contributed by atoms with Gasteiger partial charge in [0.05, 0.1) is 18.2 Å². The van der Waals surface area contributed by atoms with E-state index in [2.05, 4.69) is 37.8 Å². The van der Waals surface area contributed by atoms with Crippen molar-refractivity contribution in [3.05, 3.63) is 33.0 Å². The highest BCUT2D eigenvalue weighted by Crippen LogP contribution is 2.16. The molecule has 0 fully saturated rings. The van der Waals surface area contributed by atoms with Gasteiger partial charge in [-0.25, -0.2) is 9.97 Å². The van der Waals surface area contributed by atoms with Gasteiger partial charge in [-0.2, -0.15) is 0 Å². The maximum absolute atomic E-state index is 11.7. The molecule has 0 aliphatic heterocycles. The van der Waals surface area contributed by atoms with Crippen LogP contribution in [0.4, 0.5) is 0 Å². The molecule has 0 bridgehead atoms. The van der Waals surface area contributed by atoms with Gasteiger partial charge < -0.3 is 9.55 Å². The van der Waals surface area contributed by atoms with E-state index in [0.717, 1.165) is 18.7 Å². The highest BCUT2D eigenvalue weighted by molar-refractivity contribution is 9.10. The minimum atomic E-state index is -0.170. The highest BCUT2D eigenvalue weighted by Gasteiger charge is 2.10. The van der Waals surface area contributed by atoms with E-state index in [9.17, 15) is 4.79 Å². The predicted octanol–water partition coefficient (Wildman–Crippen LogP) is 2.11. The molecule has 2 rings (SSSR count).